The minimum absolute atomic E-state index is 0.105. The first-order valence-corrected chi connectivity index (χ1v) is 8.70. The third-order valence-corrected chi connectivity index (χ3v) is 4.79. The number of aromatic nitrogens is 3. The Morgan fingerprint density at radius 3 is 2.79 bits per heavy atom. The van der Waals surface area contributed by atoms with Gasteiger partial charge in [-0.05, 0) is 33.2 Å². The summed E-state index contributed by atoms with van der Waals surface area (Å²) in [5.41, 5.74) is -0.434. The third-order valence-electron chi connectivity index (χ3n) is 4.79. The van der Waals surface area contributed by atoms with Gasteiger partial charge in [0.05, 0.1) is 26.0 Å². The molecular formula is C16H27N5O3. The predicted molar refractivity (Wildman–Crippen MR) is 87.4 cm³/mol. The molecule has 0 saturated carbocycles. The Morgan fingerprint density at radius 2 is 2.12 bits per heavy atom. The molecule has 0 radical (unpaired) electrons. The van der Waals surface area contributed by atoms with Crippen molar-refractivity contribution in [2.45, 2.75) is 38.3 Å². The van der Waals surface area contributed by atoms with Gasteiger partial charge in [0.25, 0.3) is 0 Å². The largest absolute Gasteiger partial charge is 0.382 e. The van der Waals surface area contributed by atoms with Crippen LogP contribution in [-0.4, -0.2) is 81.7 Å². The topological polar surface area (TPSA) is 83.7 Å². The molecule has 24 heavy (non-hydrogen) atoms. The van der Waals surface area contributed by atoms with Gasteiger partial charge in [-0.1, -0.05) is 5.21 Å². The van der Waals surface area contributed by atoms with Gasteiger partial charge in [-0.2, -0.15) is 0 Å². The summed E-state index contributed by atoms with van der Waals surface area (Å²) < 4.78 is 7.04. The number of rotatable bonds is 4. The Morgan fingerprint density at radius 1 is 1.38 bits per heavy atom. The number of nitrogens with zero attached hydrogens (tertiary/aromatic N) is 5. The summed E-state index contributed by atoms with van der Waals surface area (Å²) >= 11 is 0. The summed E-state index contributed by atoms with van der Waals surface area (Å²) in [7, 11) is 0. The molecule has 3 heterocycles. The highest BCUT2D eigenvalue weighted by molar-refractivity contribution is 5.78. The minimum atomic E-state index is -1.03. The molecule has 3 rings (SSSR count). The fourth-order valence-electron chi connectivity index (χ4n) is 3.31. The van der Waals surface area contributed by atoms with E-state index in [-0.39, 0.29) is 11.9 Å². The Balaban J connectivity index is 1.63. The van der Waals surface area contributed by atoms with Crippen molar-refractivity contribution in [1.29, 1.82) is 0 Å². The molecule has 2 saturated heterocycles. The van der Waals surface area contributed by atoms with E-state index in [0.717, 1.165) is 13.0 Å². The van der Waals surface area contributed by atoms with E-state index in [2.05, 4.69) is 10.3 Å². The summed E-state index contributed by atoms with van der Waals surface area (Å²) in [6, 6.07) is 0.206. The van der Waals surface area contributed by atoms with Gasteiger partial charge in [-0.25, -0.2) is 4.68 Å². The van der Waals surface area contributed by atoms with E-state index in [9.17, 15) is 9.90 Å². The van der Waals surface area contributed by atoms with Crippen LogP contribution in [0.1, 0.15) is 38.4 Å². The Hall–Kier alpha value is -1.51. The second-order valence-electron chi connectivity index (χ2n) is 7.02. The summed E-state index contributed by atoms with van der Waals surface area (Å²) in [5.74, 6) is 0.105. The summed E-state index contributed by atoms with van der Waals surface area (Å²) in [6.45, 7) is 8.13. The van der Waals surface area contributed by atoms with Crippen LogP contribution in [0.4, 0.5) is 0 Å². The molecule has 2 fully saturated rings. The van der Waals surface area contributed by atoms with Crippen molar-refractivity contribution in [2.24, 2.45) is 0 Å². The number of carbonyl (C=O) groups excluding carboxylic acids is 1. The van der Waals surface area contributed by atoms with Crippen LogP contribution < -0.4 is 0 Å². The fraction of sp³-hybridized carbons (Fsp3) is 0.812. The monoisotopic (exact) mass is 337 g/mol. The van der Waals surface area contributed by atoms with Crippen LogP contribution in [0, 0.1) is 0 Å². The highest BCUT2D eigenvalue weighted by Crippen LogP contribution is 2.30. The zero-order chi connectivity index (χ0) is 17.2. The first kappa shape index (κ1) is 17.3. The standard InChI is InChI=1S/C16H27N5O3/c1-13(2)21-10-14(17-18-21)16(23)4-3-5-19(12-16)11-15(22)20-6-8-24-9-7-20/h10,13,23H,3-9,11-12H2,1-2H3/t16-/m0/s1. The molecule has 134 valence electrons. The number of carbonyl (C=O) groups is 1. The lowest BCUT2D eigenvalue weighted by atomic mass is 9.90. The highest BCUT2D eigenvalue weighted by Gasteiger charge is 2.38. The molecule has 1 aromatic heterocycles. The molecule has 1 atom stereocenters. The smallest absolute Gasteiger partial charge is 0.236 e. The first-order chi connectivity index (χ1) is 11.5. The van der Waals surface area contributed by atoms with Gasteiger partial charge in [0, 0.05) is 25.7 Å². The van der Waals surface area contributed by atoms with Crippen LogP contribution >= 0.6 is 0 Å². The van der Waals surface area contributed by atoms with Crippen molar-refractivity contribution in [3.05, 3.63) is 11.9 Å². The van der Waals surface area contributed by atoms with Crippen LogP contribution in [0.3, 0.4) is 0 Å². The number of morpholine rings is 1. The van der Waals surface area contributed by atoms with Crippen LogP contribution in [0.2, 0.25) is 0 Å². The Labute approximate surface area is 142 Å². The SMILES string of the molecule is CC(C)n1cc([C@]2(O)CCCN(CC(=O)N3CCOCC3)C2)nn1. The van der Waals surface area contributed by atoms with Crippen molar-refractivity contribution < 1.29 is 14.6 Å². The second-order valence-corrected chi connectivity index (χ2v) is 7.02. The quantitative estimate of drug-likeness (QED) is 0.833. The van der Waals surface area contributed by atoms with Gasteiger partial charge in [0.1, 0.15) is 11.3 Å². The maximum absolute atomic E-state index is 12.4. The number of likely N-dealkylation sites (tertiary alicyclic amines) is 1. The van der Waals surface area contributed by atoms with Crippen molar-refractivity contribution in [2.75, 3.05) is 45.9 Å². The van der Waals surface area contributed by atoms with E-state index in [0.29, 0.717) is 51.5 Å². The van der Waals surface area contributed by atoms with E-state index in [1.54, 1.807) is 4.68 Å². The lowest BCUT2D eigenvalue weighted by molar-refractivity contribution is -0.138. The lowest BCUT2D eigenvalue weighted by Crippen LogP contribution is -2.51. The molecule has 2 aliphatic heterocycles. The predicted octanol–water partition coefficient (Wildman–Crippen LogP) is 0.00120. The van der Waals surface area contributed by atoms with Crippen LogP contribution in [0.25, 0.3) is 0 Å². The summed E-state index contributed by atoms with van der Waals surface area (Å²) in [5, 5.41) is 19.3. The number of ether oxygens (including phenoxy) is 1. The third kappa shape index (κ3) is 3.76. The van der Waals surface area contributed by atoms with Crippen LogP contribution in [-0.2, 0) is 15.1 Å². The molecule has 1 amide bonds. The minimum Gasteiger partial charge on any atom is -0.382 e. The number of aliphatic hydroxyl groups is 1. The van der Waals surface area contributed by atoms with E-state index < -0.39 is 5.60 Å². The first-order valence-electron chi connectivity index (χ1n) is 8.70. The van der Waals surface area contributed by atoms with E-state index in [4.69, 9.17) is 4.74 Å². The van der Waals surface area contributed by atoms with Gasteiger partial charge in [0.15, 0.2) is 0 Å². The van der Waals surface area contributed by atoms with Gasteiger partial charge in [-0.3, -0.25) is 9.69 Å². The van der Waals surface area contributed by atoms with Crippen LogP contribution in [0.5, 0.6) is 0 Å². The van der Waals surface area contributed by atoms with Gasteiger partial charge in [0.2, 0.25) is 5.91 Å². The normalized spacial score (nSPS) is 26.1. The molecule has 0 aromatic carbocycles. The number of hydrogen-bond donors (Lipinski definition) is 1. The molecule has 0 unspecified atom stereocenters. The maximum Gasteiger partial charge on any atom is 0.236 e. The van der Waals surface area contributed by atoms with Gasteiger partial charge in [-0.15, -0.1) is 5.10 Å². The van der Waals surface area contributed by atoms with E-state index >= 15 is 0 Å². The van der Waals surface area contributed by atoms with E-state index in [1.807, 2.05) is 29.8 Å². The highest BCUT2D eigenvalue weighted by atomic mass is 16.5. The van der Waals surface area contributed by atoms with Gasteiger partial charge >= 0.3 is 0 Å². The maximum atomic E-state index is 12.4. The number of amides is 1. The van der Waals surface area contributed by atoms with Crippen molar-refractivity contribution in [3.63, 3.8) is 0 Å². The van der Waals surface area contributed by atoms with Crippen molar-refractivity contribution >= 4 is 5.91 Å². The van der Waals surface area contributed by atoms with Crippen molar-refractivity contribution in [3.8, 4) is 0 Å². The molecule has 2 aliphatic rings. The fourth-order valence-corrected chi connectivity index (χ4v) is 3.31. The van der Waals surface area contributed by atoms with Crippen molar-refractivity contribution in [1.82, 2.24) is 24.8 Å². The second kappa shape index (κ2) is 7.16. The molecule has 0 spiro atoms. The molecule has 0 bridgehead atoms. The lowest BCUT2D eigenvalue weighted by Gasteiger charge is -2.38. The molecular weight excluding hydrogens is 310 g/mol. The van der Waals surface area contributed by atoms with Gasteiger partial charge < -0.3 is 14.7 Å². The zero-order valence-corrected chi connectivity index (χ0v) is 14.5. The molecule has 1 aromatic rings. The Bertz CT molecular complexity index is 570. The zero-order valence-electron chi connectivity index (χ0n) is 14.5. The number of hydrogen-bond acceptors (Lipinski definition) is 6. The number of β-amino-alcohol motifs (C(OH)–C–C–N with tert-alkyl or cyclic N) is 1. The van der Waals surface area contributed by atoms with Crippen LogP contribution in [0.15, 0.2) is 6.20 Å². The number of piperidine rings is 1. The average Bonchev–Trinajstić information content (AvgIpc) is 3.07. The molecule has 8 heteroatoms. The van der Waals surface area contributed by atoms with E-state index in [1.165, 1.54) is 0 Å². The summed E-state index contributed by atoms with van der Waals surface area (Å²) in [4.78, 5) is 16.3. The molecule has 1 N–H and O–H groups in total. The molecule has 8 nitrogen and oxygen atoms in total. The average molecular weight is 337 g/mol. The summed E-state index contributed by atoms with van der Waals surface area (Å²) in [6.07, 6.45) is 3.30. The molecule has 0 aliphatic carbocycles. The Kier molecular flexibility index (Phi) is 5.17.